The third-order valence-electron chi connectivity index (χ3n) is 2.98. The van der Waals surface area contributed by atoms with Crippen LogP contribution in [0.25, 0.3) is 0 Å². The Morgan fingerprint density at radius 3 is 2.75 bits per heavy atom. The maximum Gasteiger partial charge on any atom is 0.352 e. The van der Waals surface area contributed by atoms with Crippen molar-refractivity contribution < 1.29 is 23.7 Å². The van der Waals surface area contributed by atoms with Crippen LogP contribution >= 0.6 is 28.8 Å². The number of β-lactam (4-membered cyclic amide) rings is 1. The lowest BCUT2D eigenvalue weighted by molar-refractivity contribution is -0.146. The summed E-state index contributed by atoms with van der Waals surface area (Å²) in [5, 5.41) is 9.31. The highest BCUT2D eigenvalue weighted by Gasteiger charge is 2.45. The van der Waals surface area contributed by atoms with Crippen LogP contribution in [0.3, 0.4) is 0 Å². The van der Waals surface area contributed by atoms with Gasteiger partial charge >= 0.3 is 5.97 Å². The minimum atomic E-state index is -2.43. The SMILES string of the molecule is COP(=S)(OC)SCC1=C(C(=O)O)N2C(=O)C[C@@H]2SC1. The van der Waals surface area contributed by atoms with Crippen molar-refractivity contribution in [2.75, 3.05) is 25.7 Å². The van der Waals surface area contributed by atoms with E-state index in [0.717, 1.165) is 0 Å². The topological polar surface area (TPSA) is 76.1 Å². The highest BCUT2D eigenvalue weighted by molar-refractivity contribution is 8.67. The number of hydrogen-bond donors (Lipinski definition) is 1. The zero-order valence-electron chi connectivity index (χ0n) is 10.9. The van der Waals surface area contributed by atoms with Crippen LogP contribution < -0.4 is 0 Å². The Morgan fingerprint density at radius 1 is 1.60 bits per heavy atom. The van der Waals surface area contributed by atoms with E-state index in [2.05, 4.69) is 0 Å². The number of carbonyl (C=O) groups excluding carboxylic acids is 1. The van der Waals surface area contributed by atoms with Crippen LogP contribution in [-0.2, 0) is 30.4 Å². The smallest absolute Gasteiger partial charge is 0.352 e. The first-order chi connectivity index (χ1) is 9.41. The van der Waals surface area contributed by atoms with Crippen LogP contribution in [0, 0.1) is 0 Å². The van der Waals surface area contributed by atoms with Gasteiger partial charge in [0.2, 0.25) is 11.6 Å². The number of nitrogens with zero attached hydrogens (tertiary/aromatic N) is 1. The summed E-state index contributed by atoms with van der Waals surface area (Å²) in [6.45, 7) is 0. The Bertz CT molecular complexity index is 515. The summed E-state index contributed by atoms with van der Waals surface area (Å²) in [5.41, 5.74) is -1.63. The summed E-state index contributed by atoms with van der Waals surface area (Å²) in [5.74, 6) is -0.224. The lowest BCUT2D eigenvalue weighted by Crippen LogP contribution is -2.54. The lowest BCUT2D eigenvalue weighted by atomic mass is 10.1. The molecule has 10 heteroatoms. The quantitative estimate of drug-likeness (QED) is 0.572. The Hall–Kier alpha value is -0.0500. The molecule has 2 heterocycles. The maximum atomic E-state index is 11.6. The van der Waals surface area contributed by atoms with Gasteiger partial charge in [0.1, 0.15) is 5.70 Å². The van der Waals surface area contributed by atoms with E-state index in [4.69, 9.17) is 20.9 Å². The Kier molecular flexibility index (Phi) is 5.20. The zero-order valence-corrected chi connectivity index (χ0v) is 14.2. The molecule has 20 heavy (non-hydrogen) atoms. The normalized spacial score (nSPS) is 22.6. The molecule has 0 saturated carbocycles. The highest BCUT2D eigenvalue weighted by atomic mass is 32.9. The van der Waals surface area contributed by atoms with Crippen molar-refractivity contribution in [3.05, 3.63) is 11.3 Å². The van der Waals surface area contributed by atoms with Gasteiger partial charge in [0.15, 0.2) is 0 Å². The number of thioether (sulfide) groups is 1. The molecule has 0 aromatic rings. The molecule has 2 rings (SSSR count). The van der Waals surface area contributed by atoms with E-state index in [1.807, 2.05) is 0 Å². The summed E-state index contributed by atoms with van der Waals surface area (Å²) in [6.07, 6.45) is 0.413. The highest BCUT2D eigenvalue weighted by Crippen LogP contribution is 2.60. The third kappa shape index (κ3) is 3.08. The standard InChI is InChI=1S/C10H14NO5PS3/c1-15-17(18,16-2)20-5-6-4-19-8-3-7(12)11(8)9(6)10(13)14/h8H,3-5H2,1-2H3,(H,13,14)/t8-/m0/s1. The van der Waals surface area contributed by atoms with Gasteiger partial charge in [-0.15, -0.1) is 11.8 Å². The Balaban J connectivity index is 2.19. The molecule has 112 valence electrons. The number of aliphatic carboxylic acids is 1. The molecular weight excluding hydrogens is 341 g/mol. The van der Waals surface area contributed by atoms with Crippen LogP contribution in [-0.4, -0.2) is 53.0 Å². The number of carbonyl (C=O) groups is 2. The molecule has 0 aromatic heterocycles. The fourth-order valence-electron chi connectivity index (χ4n) is 1.93. The Morgan fingerprint density at radius 2 is 2.25 bits per heavy atom. The maximum absolute atomic E-state index is 11.6. The van der Waals surface area contributed by atoms with Gasteiger partial charge in [-0.05, 0) is 17.4 Å². The number of fused-ring (bicyclic) bond motifs is 1. The van der Waals surface area contributed by atoms with E-state index in [9.17, 15) is 14.7 Å². The molecule has 0 bridgehead atoms. The second kappa shape index (κ2) is 6.37. The van der Waals surface area contributed by atoms with Crippen molar-refractivity contribution in [1.82, 2.24) is 4.90 Å². The predicted octanol–water partition coefficient (Wildman–Crippen LogP) is 1.88. The number of hydrogen-bond acceptors (Lipinski definition) is 7. The lowest BCUT2D eigenvalue weighted by Gasteiger charge is -2.44. The van der Waals surface area contributed by atoms with Crippen molar-refractivity contribution >= 4 is 52.5 Å². The van der Waals surface area contributed by atoms with Gasteiger partial charge in [0.05, 0.1) is 11.8 Å². The van der Waals surface area contributed by atoms with Crippen LogP contribution in [0.15, 0.2) is 11.3 Å². The van der Waals surface area contributed by atoms with Crippen LogP contribution in [0.5, 0.6) is 0 Å². The molecular formula is C10H14NO5PS3. The Labute approximate surface area is 130 Å². The summed E-state index contributed by atoms with van der Waals surface area (Å²) >= 11 is 8.11. The van der Waals surface area contributed by atoms with E-state index < -0.39 is 11.7 Å². The van der Waals surface area contributed by atoms with E-state index >= 15 is 0 Å². The van der Waals surface area contributed by atoms with Gasteiger partial charge in [0.25, 0.3) is 0 Å². The van der Waals surface area contributed by atoms with Crippen molar-refractivity contribution in [2.45, 2.75) is 11.8 Å². The van der Waals surface area contributed by atoms with Gasteiger partial charge in [-0.25, -0.2) is 4.79 Å². The van der Waals surface area contributed by atoms with Crippen LogP contribution in [0.2, 0.25) is 0 Å². The van der Waals surface area contributed by atoms with E-state index in [1.54, 1.807) is 11.8 Å². The molecule has 0 aromatic carbocycles. The van der Waals surface area contributed by atoms with Gasteiger partial charge in [-0.2, -0.15) is 0 Å². The van der Waals surface area contributed by atoms with Crippen LogP contribution in [0.1, 0.15) is 6.42 Å². The third-order valence-corrected chi connectivity index (χ3v) is 10.0. The molecule has 0 radical (unpaired) electrons. The van der Waals surface area contributed by atoms with Crippen molar-refractivity contribution in [2.24, 2.45) is 0 Å². The second-order valence-corrected chi connectivity index (χ2v) is 11.8. The summed E-state index contributed by atoms with van der Waals surface area (Å²) in [6, 6.07) is 0. The second-order valence-electron chi connectivity index (χ2n) is 4.08. The predicted molar refractivity (Wildman–Crippen MR) is 83.1 cm³/mol. The minimum Gasteiger partial charge on any atom is -0.477 e. The number of rotatable bonds is 6. The van der Waals surface area contributed by atoms with E-state index in [-0.39, 0.29) is 17.0 Å². The van der Waals surface area contributed by atoms with Gasteiger partial charge in [-0.3, -0.25) is 9.69 Å². The molecule has 1 N–H and O–H groups in total. The van der Waals surface area contributed by atoms with Crippen LogP contribution in [0.4, 0.5) is 0 Å². The number of amides is 1. The number of carboxylic acid groups (broad SMARTS) is 1. The molecule has 2 aliphatic rings. The molecule has 0 spiro atoms. The van der Waals surface area contributed by atoms with E-state index in [1.165, 1.54) is 30.5 Å². The minimum absolute atomic E-state index is 0.0322. The first kappa shape index (κ1) is 16.3. The van der Waals surface area contributed by atoms with Crippen molar-refractivity contribution in [3.63, 3.8) is 0 Å². The van der Waals surface area contributed by atoms with Crippen molar-refractivity contribution in [1.29, 1.82) is 0 Å². The van der Waals surface area contributed by atoms with Gasteiger partial charge in [-0.1, -0.05) is 11.4 Å². The average Bonchev–Trinajstić information content (AvgIpc) is 2.43. The molecule has 0 unspecified atom stereocenters. The molecule has 6 nitrogen and oxygen atoms in total. The molecule has 1 amide bonds. The summed E-state index contributed by atoms with van der Waals surface area (Å²) in [7, 11) is 2.96. The van der Waals surface area contributed by atoms with E-state index in [0.29, 0.717) is 23.5 Å². The molecule has 0 aliphatic carbocycles. The van der Waals surface area contributed by atoms with Crippen molar-refractivity contribution in [3.8, 4) is 0 Å². The fraction of sp³-hybridized carbons (Fsp3) is 0.600. The first-order valence-electron chi connectivity index (χ1n) is 5.67. The molecule has 2 aliphatic heterocycles. The molecule has 1 saturated heterocycles. The van der Waals surface area contributed by atoms with Gasteiger partial charge < -0.3 is 14.2 Å². The zero-order chi connectivity index (χ0) is 14.9. The summed E-state index contributed by atoms with van der Waals surface area (Å²) in [4.78, 5) is 24.4. The average molecular weight is 355 g/mol. The first-order valence-corrected chi connectivity index (χ1v) is 10.9. The molecule has 1 fully saturated rings. The fourth-order valence-corrected chi connectivity index (χ4v) is 6.28. The largest absolute Gasteiger partial charge is 0.477 e. The molecule has 1 atom stereocenters. The van der Waals surface area contributed by atoms with Gasteiger partial charge in [0, 0.05) is 25.7 Å². The number of carboxylic acids is 1. The summed E-state index contributed by atoms with van der Waals surface area (Å²) < 4.78 is 10.3. The monoisotopic (exact) mass is 355 g/mol.